The largest absolute Gasteiger partial charge is 0.385 e. The molecule has 0 saturated carbocycles. The summed E-state index contributed by atoms with van der Waals surface area (Å²) in [7, 11) is 1.67. The highest BCUT2D eigenvalue weighted by Gasteiger charge is 2.13. The standard InChI is InChI=1S/C12H16N2O2/c1-9(15)12-13-10-5-3-4-6-11(10)14(12)7-8-16-2/h3-6,9,15H,7-8H2,1-2H3. The second-order valence-corrected chi connectivity index (χ2v) is 3.78. The van der Waals surface area contributed by atoms with Gasteiger partial charge in [-0.2, -0.15) is 0 Å². The molecule has 2 rings (SSSR count). The van der Waals surface area contributed by atoms with Crippen molar-refractivity contribution in [3.05, 3.63) is 30.1 Å². The highest BCUT2D eigenvalue weighted by molar-refractivity contribution is 5.75. The van der Waals surface area contributed by atoms with E-state index in [2.05, 4.69) is 4.98 Å². The number of ether oxygens (including phenoxy) is 1. The minimum atomic E-state index is -0.566. The molecular weight excluding hydrogens is 204 g/mol. The number of para-hydroxylation sites is 2. The van der Waals surface area contributed by atoms with Gasteiger partial charge in [0, 0.05) is 13.7 Å². The number of rotatable bonds is 4. The van der Waals surface area contributed by atoms with Gasteiger partial charge in [-0.3, -0.25) is 0 Å². The molecule has 0 saturated heterocycles. The summed E-state index contributed by atoms with van der Waals surface area (Å²) in [5, 5.41) is 9.68. The molecule has 1 aromatic heterocycles. The van der Waals surface area contributed by atoms with Crippen molar-refractivity contribution in [2.75, 3.05) is 13.7 Å². The van der Waals surface area contributed by atoms with Crippen molar-refractivity contribution in [2.24, 2.45) is 0 Å². The Balaban J connectivity index is 2.51. The topological polar surface area (TPSA) is 47.3 Å². The molecule has 1 atom stereocenters. The van der Waals surface area contributed by atoms with Crippen LogP contribution in [-0.2, 0) is 11.3 Å². The van der Waals surface area contributed by atoms with E-state index >= 15 is 0 Å². The predicted octanol–water partition coefficient (Wildman–Crippen LogP) is 1.74. The van der Waals surface area contributed by atoms with Crippen molar-refractivity contribution in [1.29, 1.82) is 0 Å². The van der Waals surface area contributed by atoms with Crippen LogP contribution in [0.15, 0.2) is 24.3 Å². The first kappa shape index (κ1) is 11.1. The van der Waals surface area contributed by atoms with Gasteiger partial charge in [0.2, 0.25) is 0 Å². The summed E-state index contributed by atoms with van der Waals surface area (Å²) >= 11 is 0. The van der Waals surface area contributed by atoms with Crippen LogP contribution in [0.1, 0.15) is 18.9 Å². The van der Waals surface area contributed by atoms with Gasteiger partial charge in [0.05, 0.1) is 17.6 Å². The highest BCUT2D eigenvalue weighted by atomic mass is 16.5. The van der Waals surface area contributed by atoms with Gasteiger partial charge in [-0.15, -0.1) is 0 Å². The Labute approximate surface area is 94.5 Å². The lowest BCUT2D eigenvalue weighted by Crippen LogP contribution is -2.10. The Morgan fingerprint density at radius 3 is 2.88 bits per heavy atom. The molecule has 0 spiro atoms. The van der Waals surface area contributed by atoms with Gasteiger partial charge < -0.3 is 14.4 Å². The average Bonchev–Trinajstić information content (AvgIpc) is 2.65. The Hall–Kier alpha value is -1.39. The third kappa shape index (κ3) is 1.94. The lowest BCUT2D eigenvalue weighted by atomic mass is 10.3. The lowest BCUT2D eigenvalue weighted by molar-refractivity contribution is 0.167. The Kier molecular flexibility index (Phi) is 3.22. The SMILES string of the molecule is COCCn1c(C(C)O)nc2ccccc21. The van der Waals surface area contributed by atoms with Gasteiger partial charge >= 0.3 is 0 Å². The number of hydrogen-bond acceptors (Lipinski definition) is 3. The first-order chi connectivity index (χ1) is 7.74. The number of aliphatic hydroxyl groups is 1. The van der Waals surface area contributed by atoms with Crippen molar-refractivity contribution in [2.45, 2.75) is 19.6 Å². The van der Waals surface area contributed by atoms with E-state index in [1.54, 1.807) is 14.0 Å². The van der Waals surface area contributed by atoms with Crippen LogP contribution in [0.5, 0.6) is 0 Å². The van der Waals surface area contributed by atoms with Gasteiger partial charge in [-0.25, -0.2) is 4.98 Å². The zero-order chi connectivity index (χ0) is 11.5. The zero-order valence-electron chi connectivity index (χ0n) is 9.55. The monoisotopic (exact) mass is 220 g/mol. The van der Waals surface area contributed by atoms with E-state index in [4.69, 9.17) is 4.74 Å². The van der Waals surface area contributed by atoms with Crippen LogP contribution in [-0.4, -0.2) is 28.4 Å². The number of benzene rings is 1. The molecule has 0 bridgehead atoms. The van der Waals surface area contributed by atoms with E-state index in [-0.39, 0.29) is 0 Å². The maximum Gasteiger partial charge on any atom is 0.138 e. The fourth-order valence-electron chi connectivity index (χ4n) is 1.83. The van der Waals surface area contributed by atoms with E-state index in [0.29, 0.717) is 19.0 Å². The second kappa shape index (κ2) is 4.63. The molecule has 0 radical (unpaired) electrons. The van der Waals surface area contributed by atoms with E-state index in [1.165, 1.54) is 0 Å². The fraction of sp³-hybridized carbons (Fsp3) is 0.417. The van der Waals surface area contributed by atoms with E-state index in [1.807, 2.05) is 28.8 Å². The molecule has 4 heteroatoms. The number of methoxy groups -OCH3 is 1. The quantitative estimate of drug-likeness (QED) is 0.853. The number of nitrogens with zero attached hydrogens (tertiary/aromatic N) is 2. The molecule has 4 nitrogen and oxygen atoms in total. The van der Waals surface area contributed by atoms with Crippen LogP contribution < -0.4 is 0 Å². The van der Waals surface area contributed by atoms with Crippen LogP contribution in [0.2, 0.25) is 0 Å². The van der Waals surface area contributed by atoms with Crippen molar-refractivity contribution >= 4 is 11.0 Å². The summed E-state index contributed by atoms with van der Waals surface area (Å²) in [6.07, 6.45) is -0.566. The Morgan fingerprint density at radius 2 is 2.19 bits per heavy atom. The third-order valence-electron chi connectivity index (χ3n) is 2.58. The van der Waals surface area contributed by atoms with Gasteiger partial charge in [-0.1, -0.05) is 12.1 Å². The van der Waals surface area contributed by atoms with Gasteiger partial charge in [0.25, 0.3) is 0 Å². The zero-order valence-corrected chi connectivity index (χ0v) is 9.55. The van der Waals surface area contributed by atoms with E-state index in [0.717, 1.165) is 11.0 Å². The molecule has 0 aliphatic heterocycles. The van der Waals surface area contributed by atoms with Crippen molar-refractivity contribution in [3.63, 3.8) is 0 Å². The molecule has 1 unspecified atom stereocenters. The molecule has 1 N–H and O–H groups in total. The third-order valence-corrected chi connectivity index (χ3v) is 2.58. The molecular formula is C12H16N2O2. The van der Waals surface area contributed by atoms with Crippen LogP contribution in [0.3, 0.4) is 0 Å². The summed E-state index contributed by atoms with van der Waals surface area (Å²) in [6.45, 7) is 3.04. The van der Waals surface area contributed by atoms with Crippen molar-refractivity contribution in [3.8, 4) is 0 Å². The van der Waals surface area contributed by atoms with Crippen molar-refractivity contribution < 1.29 is 9.84 Å². The summed E-state index contributed by atoms with van der Waals surface area (Å²) in [6, 6.07) is 7.87. The predicted molar refractivity (Wildman–Crippen MR) is 62.2 cm³/mol. The molecule has 0 fully saturated rings. The van der Waals surface area contributed by atoms with Crippen LogP contribution in [0, 0.1) is 0 Å². The molecule has 16 heavy (non-hydrogen) atoms. The fourth-order valence-corrected chi connectivity index (χ4v) is 1.83. The first-order valence-corrected chi connectivity index (χ1v) is 5.36. The second-order valence-electron chi connectivity index (χ2n) is 3.78. The van der Waals surface area contributed by atoms with Gasteiger partial charge in [-0.05, 0) is 19.1 Å². The van der Waals surface area contributed by atoms with Gasteiger partial charge in [0.1, 0.15) is 11.9 Å². The molecule has 0 amide bonds. The summed E-state index contributed by atoms with van der Waals surface area (Å²) in [5.41, 5.74) is 1.95. The van der Waals surface area contributed by atoms with E-state index < -0.39 is 6.10 Å². The summed E-state index contributed by atoms with van der Waals surface area (Å²) in [4.78, 5) is 4.42. The lowest BCUT2D eigenvalue weighted by Gasteiger charge is -2.09. The Bertz CT molecular complexity index is 477. The minimum absolute atomic E-state index is 0.566. The van der Waals surface area contributed by atoms with Crippen LogP contribution >= 0.6 is 0 Å². The Morgan fingerprint density at radius 1 is 1.44 bits per heavy atom. The summed E-state index contributed by atoms with van der Waals surface area (Å²) in [5.74, 6) is 0.693. The van der Waals surface area contributed by atoms with Crippen LogP contribution in [0.4, 0.5) is 0 Å². The van der Waals surface area contributed by atoms with E-state index in [9.17, 15) is 5.11 Å². The molecule has 1 aromatic carbocycles. The normalized spacial score (nSPS) is 13.2. The molecule has 86 valence electrons. The number of aromatic nitrogens is 2. The maximum absolute atomic E-state index is 9.68. The number of imidazole rings is 1. The molecule has 0 aliphatic carbocycles. The number of hydrogen-bond donors (Lipinski definition) is 1. The molecule has 1 heterocycles. The number of fused-ring (bicyclic) bond motifs is 1. The van der Waals surface area contributed by atoms with Gasteiger partial charge in [0.15, 0.2) is 0 Å². The molecule has 0 aliphatic rings. The highest BCUT2D eigenvalue weighted by Crippen LogP contribution is 2.20. The maximum atomic E-state index is 9.68. The average molecular weight is 220 g/mol. The molecule has 2 aromatic rings. The smallest absolute Gasteiger partial charge is 0.138 e. The first-order valence-electron chi connectivity index (χ1n) is 5.36. The van der Waals surface area contributed by atoms with Crippen LogP contribution in [0.25, 0.3) is 11.0 Å². The summed E-state index contributed by atoms with van der Waals surface area (Å²) < 4.78 is 7.07. The van der Waals surface area contributed by atoms with Crippen molar-refractivity contribution in [1.82, 2.24) is 9.55 Å². The number of aliphatic hydroxyl groups excluding tert-OH is 1. The minimum Gasteiger partial charge on any atom is -0.385 e.